The second-order valence-corrected chi connectivity index (χ2v) is 25.9. The number of hydrogen-bond donors (Lipinski definition) is 3. The van der Waals surface area contributed by atoms with E-state index in [9.17, 15) is 24.3 Å². The monoisotopic (exact) mass is 1110 g/mol. The number of rotatable bonds is 27. The molecule has 3 amide bonds. The summed E-state index contributed by atoms with van der Waals surface area (Å²) in [5.74, 6) is 4.44. The van der Waals surface area contributed by atoms with Gasteiger partial charge in [0.2, 0.25) is 11.8 Å². The molecule has 12 heteroatoms. The SMILES string of the molecule is CCCCCNC(=O)CCC(=O)OC1CN(C(=O)CCCCCNC(=O)OC2CC[C@@]3(C)C(=CCC4C3CC[C@@]3(C)C4CC[C@@H]3C(C)CCCC(C)C)C2)CC1C(O)C(c1ccccc1)(c1ccc(OC)cc1)c1ccc(OC)cc1. The maximum atomic E-state index is 14.2. The number of carbonyl (C=O) groups excluding carboxylic acids is 4. The highest BCUT2D eigenvalue weighted by Crippen LogP contribution is 2.67. The van der Waals surface area contributed by atoms with Crippen molar-refractivity contribution in [3.8, 4) is 11.5 Å². The van der Waals surface area contributed by atoms with E-state index >= 15 is 0 Å². The van der Waals surface area contributed by atoms with Crippen molar-refractivity contribution in [1.82, 2.24) is 15.5 Å². The van der Waals surface area contributed by atoms with E-state index in [2.05, 4.69) is 58.3 Å². The van der Waals surface area contributed by atoms with Crippen LogP contribution in [0.5, 0.6) is 11.5 Å². The van der Waals surface area contributed by atoms with Gasteiger partial charge in [0.25, 0.3) is 0 Å². The van der Waals surface area contributed by atoms with E-state index in [4.69, 9.17) is 18.9 Å². The molecule has 0 aromatic heterocycles. The highest BCUT2D eigenvalue weighted by Gasteiger charge is 2.59. The molecule has 0 radical (unpaired) electrons. The van der Waals surface area contributed by atoms with E-state index in [1.807, 2.05) is 78.9 Å². The molecular weight excluding hydrogens is 1010 g/mol. The van der Waals surface area contributed by atoms with E-state index in [0.29, 0.717) is 49.3 Å². The molecule has 11 atom stereocenters. The number of aliphatic hydroxyl groups is 1. The molecule has 8 unspecified atom stereocenters. The van der Waals surface area contributed by atoms with Crippen LogP contribution in [0.2, 0.25) is 0 Å². The standard InChI is InChI=1S/C69H99N3O9/c1-9-10-16-42-70-62(73)36-37-64(75)81-61-46-72(45-57(61)65(76)69(49-21-13-11-14-22-49,50-24-29-53(78-7)30-25-50)51-26-31-54(79-8)32-27-51)63(74)23-15-12-17-43-71-66(77)80-55-38-40-67(5)52(44-55)28-33-56-59-35-34-58(48(4)20-18-19-47(2)3)68(59,6)41-39-60(56)67/h11,13-14,21-22,24-32,47-48,55-61,65,76H,9-10,12,15-20,23,33-46H2,1-8H3,(H,70,73)(H,71,77)/t48?,55?,56?,57?,58-,59?,60?,61?,65?,67+,68-/m1/s1. The van der Waals surface area contributed by atoms with Crippen molar-refractivity contribution in [2.45, 2.75) is 194 Å². The first kappa shape index (κ1) is 61.7. The molecule has 4 fully saturated rings. The number of benzene rings is 3. The van der Waals surface area contributed by atoms with Crippen LogP contribution in [0.25, 0.3) is 0 Å². The fourth-order valence-corrected chi connectivity index (χ4v) is 16.2. The Balaban J connectivity index is 0.867. The van der Waals surface area contributed by atoms with Gasteiger partial charge in [0.05, 0.1) is 38.7 Å². The average Bonchev–Trinajstić information content (AvgIpc) is 4.22. The van der Waals surface area contributed by atoms with Crippen LogP contribution in [-0.2, 0) is 29.3 Å². The Labute approximate surface area is 485 Å². The summed E-state index contributed by atoms with van der Waals surface area (Å²) in [5.41, 5.74) is 3.32. The molecule has 444 valence electrons. The number of methoxy groups -OCH3 is 2. The van der Waals surface area contributed by atoms with E-state index in [0.717, 1.165) is 90.7 Å². The van der Waals surface area contributed by atoms with Crippen molar-refractivity contribution in [3.63, 3.8) is 0 Å². The molecule has 5 aliphatic rings. The number of likely N-dealkylation sites (tertiary alicyclic amines) is 1. The average molecular weight is 1110 g/mol. The number of ether oxygens (including phenoxy) is 4. The third-order valence-corrected chi connectivity index (χ3v) is 20.6. The van der Waals surface area contributed by atoms with Crippen LogP contribution < -0.4 is 20.1 Å². The van der Waals surface area contributed by atoms with Crippen molar-refractivity contribution in [1.29, 1.82) is 0 Å². The van der Waals surface area contributed by atoms with Crippen LogP contribution in [0.3, 0.4) is 0 Å². The number of amides is 3. The van der Waals surface area contributed by atoms with Gasteiger partial charge < -0.3 is 39.6 Å². The molecular formula is C69H99N3O9. The third-order valence-electron chi connectivity index (χ3n) is 20.6. The Bertz CT molecular complexity index is 2500. The van der Waals surface area contributed by atoms with Crippen LogP contribution in [0.4, 0.5) is 4.79 Å². The molecule has 3 saturated carbocycles. The molecule has 3 aromatic carbocycles. The molecule has 3 N–H and O–H groups in total. The van der Waals surface area contributed by atoms with Gasteiger partial charge in [0, 0.05) is 44.8 Å². The zero-order chi connectivity index (χ0) is 57.7. The molecule has 0 bridgehead atoms. The Morgan fingerprint density at radius 3 is 2.04 bits per heavy atom. The van der Waals surface area contributed by atoms with E-state index < -0.39 is 29.5 Å². The number of carbonyl (C=O) groups is 4. The smallest absolute Gasteiger partial charge is 0.407 e. The summed E-state index contributed by atoms with van der Waals surface area (Å²) in [6.45, 7) is 15.8. The van der Waals surface area contributed by atoms with E-state index in [-0.39, 0.29) is 61.8 Å². The Hall–Kier alpha value is -5.36. The lowest BCUT2D eigenvalue weighted by Crippen LogP contribution is -2.51. The zero-order valence-electron chi connectivity index (χ0n) is 50.5. The van der Waals surface area contributed by atoms with Gasteiger partial charge in [0.15, 0.2) is 0 Å². The van der Waals surface area contributed by atoms with Crippen LogP contribution in [0.1, 0.15) is 187 Å². The number of alkyl carbamates (subject to hydrolysis) is 1. The largest absolute Gasteiger partial charge is 0.497 e. The highest BCUT2D eigenvalue weighted by atomic mass is 16.6. The lowest BCUT2D eigenvalue weighted by Gasteiger charge is -2.58. The van der Waals surface area contributed by atoms with Crippen molar-refractivity contribution in [2.24, 2.45) is 52.3 Å². The van der Waals surface area contributed by atoms with E-state index in [1.165, 1.54) is 56.9 Å². The molecule has 81 heavy (non-hydrogen) atoms. The molecule has 1 aliphatic heterocycles. The van der Waals surface area contributed by atoms with Crippen molar-refractivity contribution < 1.29 is 43.2 Å². The fraction of sp³-hybridized carbons (Fsp3) is 0.652. The number of hydrogen-bond acceptors (Lipinski definition) is 9. The van der Waals surface area contributed by atoms with Crippen LogP contribution in [0.15, 0.2) is 90.5 Å². The first-order chi connectivity index (χ1) is 39.0. The van der Waals surface area contributed by atoms with Gasteiger partial charge in [-0.25, -0.2) is 4.79 Å². The van der Waals surface area contributed by atoms with Gasteiger partial charge in [-0.1, -0.05) is 146 Å². The van der Waals surface area contributed by atoms with Crippen LogP contribution in [-0.4, -0.2) is 92.6 Å². The number of esters is 1. The number of aliphatic hydroxyl groups excluding tert-OH is 1. The highest BCUT2D eigenvalue weighted by molar-refractivity contribution is 5.81. The van der Waals surface area contributed by atoms with E-state index in [1.54, 1.807) is 19.1 Å². The molecule has 0 spiro atoms. The quantitative estimate of drug-likeness (QED) is 0.0293. The number of allylic oxidation sites excluding steroid dienone is 1. The van der Waals surface area contributed by atoms with Crippen molar-refractivity contribution >= 4 is 23.9 Å². The molecule has 12 nitrogen and oxygen atoms in total. The Morgan fingerprint density at radius 2 is 1.37 bits per heavy atom. The van der Waals surface area contributed by atoms with Gasteiger partial charge in [-0.15, -0.1) is 0 Å². The Morgan fingerprint density at radius 1 is 0.704 bits per heavy atom. The van der Waals surface area contributed by atoms with Crippen molar-refractivity contribution in [2.75, 3.05) is 40.4 Å². The van der Waals surface area contributed by atoms with Crippen LogP contribution in [0, 0.1) is 52.3 Å². The molecule has 3 aromatic rings. The summed E-state index contributed by atoms with van der Waals surface area (Å²) in [7, 11) is 3.22. The number of nitrogens with one attached hydrogen (secondary N) is 2. The van der Waals surface area contributed by atoms with Gasteiger partial charge in [-0.2, -0.15) is 0 Å². The van der Waals surface area contributed by atoms with Gasteiger partial charge in [-0.05, 0) is 152 Å². The molecule has 1 saturated heterocycles. The minimum absolute atomic E-state index is 0.0241. The lowest BCUT2D eigenvalue weighted by atomic mass is 9.47. The minimum Gasteiger partial charge on any atom is -0.497 e. The summed E-state index contributed by atoms with van der Waals surface area (Å²) in [5, 5.41) is 19.2. The van der Waals surface area contributed by atoms with Gasteiger partial charge >= 0.3 is 12.1 Å². The first-order valence-corrected chi connectivity index (χ1v) is 31.5. The lowest BCUT2D eigenvalue weighted by molar-refractivity contribution is -0.153. The maximum absolute atomic E-state index is 14.2. The summed E-state index contributed by atoms with van der Waals surface area (Å²) in [6, 6.07) is 25.1. The van der Waals surface area contributed by atoms with Gasteiger partial charge in [0.1, 0.15) is 23.7 Å². The van der Waals surface area contributed by atoms with Crippen LogP contribution >= 0.6 is 0 Å². The summed E-state index contributed by atoms with van der Waals surface area (Å²) < 4.78 is 23.5. The molecule has 1 heterocycles. The number of unbranched alkanes of at least 4 members (excludes halogenated alkanes) is 4. The minimum atomic E-state index is -1.22. The topological polar surface area (TPSA) is 153 Å². The van der Waals surface area contributed by atoms with Crippen molar-refractivity contribution in [3.05, 3.63) is 107 Å². The summed E-state index contributed by atoms with van der Waals surface area (Å²) in [6.07, 6.45) is 18.5. The second kappa shape index (κ2) is 28.3. The molecule has 4 aliphatic carbocycles. The number of fused-ring (bicyclic) bond motifs is 5. The maximum Gasteiger partial charge on any atom is 0.407 e. The normalized spacial score (nSPS) is 26.8. The predicted octanol–water partition coefficient (Wildman–Crippen LogP) is 13.6. The zero-order valence-corrected chi connectivity index (χ0v) is 50.5. The Kier molecular flexibility index (Phi) is 21.5. The predicted molar refractivity (Wildman–Crippen MR) is 320 cm³/mol. The third kappa shape index (κ3) is 14.2. The molecule has 8 rings (SSSR count). The fourth-order valence-electron chi connectivity index (χ4n) is 16.2. The first-order valence-electron chi connectivity index (χ1n) is 31.5. The summed E-state index contributed by atoms with van der Waals surface area (Å²) >= 11 is 0. The number of nitrogens with zero attached hydrogens (tertiary/aromatic N) is 1. The second-order valence-electron chi connectivity index (χ2n) is 25.9. The van der Waals surface area contributed by atoms with Gasteiger partial charge in [-0.3, -0.25) is 14.4 Å². The summed E-state index contributed by atoms with van der Waals surface area (Å²) in [4.78, 5) is 55.7.